The Morgan fingerprint density at radius 1 is 1.14 bits per heavy atom. The van der Waals surface area contributed by atoms with E-state index in [1.54, 1.807) is 24.0 Å². The first-order chi connectivity index (χ1) is 17.8. The second-order valence-corrected chi connectivity index (χ2v) is 9.72. The Morgan fingerprint density at radius 2 is 1.92 bits per heavy atom. The zero-order valence-electron chi connectivity index (χ0n) is 21.0. The lowest BCUT2D eigenvalue weighted by atomic mass is 9.82. The van der Waals surface area contributed by atoms with Crippen LogP contribution in [0.1, 0.15) is 56.6 Å². The molecule has 37 heavy (non-hydrogen) atoms. The van der Waals surface area contributed by atoms with Crippen molar-refractivity contribution in [3.8, 4) is 0 Å². The molecule has 0 aliphatic carbocycles. The number of nitro benzene ring substituents is 1. The van der Waals surface area contributed by atoms with E-state index in [1.165, 1.54) is 23.1 Å². The number of aliphatic hydroxyl groups excluding tert-OH is 1. The fourth-order valence-corrected chi connectivity index (χ4v) is 5.16. The summed E-state index contributed by atoms with van der Waals surface area (Å²) in [6.07, 6.45) is 8.15. The van der Waals surface area contributed by atoms with Gasteiger partial charge in [-0.05, 0) is 43.0 Å². The van der Waals surface area contributed by atoms with Crippen LogP contribution in [-0.4, -0.2) is 40.1 Å². The Bertz CT molecular complexity index is 1210. The minimum Gasteiger partial charge on any atom is -0.396 e. The second-order valence-electron chi connectivity index (χ2n) is 9.72. The maximum absolute atomic E-state index is 13.7. The number of hydrogen-bond donors (Lipinski definition) is 2. The van der Waals surface area contributed by atoms with Crippen LogP contribution in [0.2, 0.25) is 0 Å². The topological polar surface area (TPSA) is 124 Å². The van der Waals surface area contributed by atoms with Crippen LogP contribution in [0, 0.1) is 16.0 Å². The summed E-state index contributed by atoms with van der Waals surface area (Å²) in [6, 6.07) is 11.6. The molecule has 2 N–H and O–H groups in total. The van der Waals surface area contributed by atoms with Crippen molar-refractivity contribution < 1.29 is 24.7 Å². The van der Waals surface area contributed by atoms with Crippen molar-refractivity contribution in [3.63, 3.8) is 0 Å². The molecule has 2 heterocycles. The molecule has 2 aromatic rings. The highest BCUT2D eigenvalue weighted by molar-refractivity contribution is 6.07. The van der Waals surface area contributed by atoms with Gasteiger partial charge in [0, 0.05) is 48.9 Å². The molecule has 0 radical (unpaired) electrons. The van der Waals surface area contributed by atoms with Crippen molar-refractivity contribution in [2.75, 3.05) is 23.0 Å². The highest BCUT2D eigenvalue weighted by Crippen LogP contribution is 2.47. The predicted molar refractivity (Wildman–Crippen MR) is 140 cm³/mol. The summed E-state index contributed by atoms with van der Waals surface area (Å²) in [4.78, 5) is 40.6. The summed E-state index contributed by atoms with van der Waals surface area (Å²) < 4.78 is 0. The van der Waals surface area contributed by atoms with Crippen LogP contribution in [0.25, 0.3) is 0 Å². The van der Waals surface area contributed by atoms with Crippen LogP contribution in [0.4, 0.5) is 17.1 Å². The number of non-ortho nitro benzene ring substituents is 1. The largest absolute Gasteiger partial charge is 0.396 e. The van der Waals surface area contributed by atoms with E-state index in [-0.39, 0.29) is 30.3 Å². The molecule has 1 saturated heterocycles. The van der Waals surface area contributed by atoms with Crippen molar-refractivity contribution in [1.29, 1.82) is 0 Å². The van der Waals surface area contributed by atoms with Gasteiger partial charge in [-0.2, -0.15) is 0 Å². The van der Waals surface area contributed by atoms with Gasteiger partial charge in [0.25, 0.3) is 11.6 Å². The number of hydrogen-bond acceptors (Lipinski definition) is 6. The molecular weight excluding hydrogens is 474 g/mol. The minimum atomic E-state index is -2.00. The molecule has 9 heteroatoms. The fraction of sp³-hybridized carbons (Fsp3) is 0.429. The van der Waals surface area contributed by atoms with Crippen molar-refractivity contribution in [1.82, 2.24) is 0 Å². The van der Waals surface area contributed by atoms with E-state index in [9.17, 15) is 24.8 Å². The number of rotatable bonds is 8. The van der Waals surface area contributed by atoms with Crippen LogP contribution in [0.5, 0.6) is 0 Å². The number of fused-ring (bicyclic) bond motifs is 1. The summed E-state index contributed by atoms with van der Waals surface area (Å²) in [6.45, 7) is 2.38. The second kappa shape index (κ2) is 11.2. The standard InChI is InChI=1S/C28H33N3O6/c1-20(9-5-7-16-32)28(35)24-18-23(31(36)37)13-14-25(24)30(27(28)34)19-21-10-8-11-22(17-21)29-15-6-3-2-4-12-26(29)33/h5,8-11,13-14,17-18,20,32,35H,2-4,6-7,12,15-16,19H2,1H3/b9-5+/t20-,28+/m0/s1. The Kier molecular flexibility index (Phi) is 8.04. The normalized spacial score (nSPS) is 21.2. The molecule has 0 aromatic heterocycles. The maximum Gasteiger partial charge on any atom is 0.269 e. The first-order valence-corrected chi connectivity index (χ1v) is 12.8. The van der Waals surface area contributed by atoms with Gasteiger partial charge in [0.15, 0.2) is 5.60 Å². The Morgan fingerprint density at radius 3 is 2.68 bits per heavy atom. The third-order valence-corrected chi connectivity index (χ3v) is 7.23. The van der Waals surface area contributed by atoms with Crippen LogP contribution in [0.3, 0.4) is 0 Å². The van der Waals surface area contributed by atoms with E-state index < -0.39 is 22.3 Å². The van der Waals surface area contributed by atoms with Gasteiger partial charge in [0.05, 0.1) is 17.2 Å². The zero-order valence-corrected chi connectivity index (χ0v) is 21.0. The van der Waals surface area contributed by atoms with Crippen LogP contribution < -0.4 is 9.80 Å². The van der Waals surface area contributed by atoms with Crippen LogP contribution in [0.15, 0.2) is 54.6 Å². The maximum atomic E-state index is 13.7. The number of nitro groups is 1. The lowest BCUT2D eigenvalue weighted by Crippen LogP contribution is -2.44. The average molecular weight is 508 g/mol. The number of amides is 2. The van der Waals surface area contributed by atoms with Crippen LogP contribution >= 0.6 is 0 Å². The molecule has 0 bridgehead atoms. The van der Waals surface area contributed by atoms with Gasteiger partial charge in [0.2, 0.25) is 5.91 Å². The van der Waals surface area contributed by atoms with Gasteiger partial charge in [0.1, 0.15) is 0 Å². The zero-order chi connectivity index (χ0) is 26.6. The molecule has 2 atom stereocenters. The number of carbonyl (C=O) groups excluding carboxylic acids is 2. The molecule has 2 aliphatic heterocycles. The van der Waals surface area contributed by atoms with Gasteiger partial charge in [-0.1, -0.05) is 44.1 Å². The van der Waals surface area contributed by atoms with E-state index >= 15 is 0 Å². The molecule has 9 nitrogen and oxygen atoms in total. The molecule has 4 rings (SSSR count). The van der Waals surface area contributed by atoms with E-state index in [2.05, 4.69) is 0 Å². The van der Waals surface area contributed by atoms with E-state index in [0.717, 1.165) is 36.9 Å². The Balaban J connectivity index is 1.68. The molecule has 2 aromatic carbocycles. The molecule has 2 amide bonds. The quantitative estimate of drug-likeness (QED) is 0.313. The predicted octanol–water partition coefficient (Wildman–Crippen LogP) is 4.20. The number of nitrogens with zero attached hydrogens (tertiary/aromatic N) is 3. The van der Waals surface area contributed by atoms with Crippen molar-refractivity contribution in [2.24, 2.45) is 5.92 Å². The van der Waals surface area contributed by atoms with E-state index in [0.29, 0.717) is 25.1 Å². The van der Waals surface area contributed by atoms with Gasteiger partial charge < -0.3 is 20.0 Å². The van der Waals surface area contributed by atoms with Crippen molar-refractivity contribution in [3.05, 3.63) is 75.9 Å². The number of benzene rings is 2. The first-order valence-electron chi connectivity index (χ1n) is 12.8. The van der Waals surface area contributed by atoms with Gasteiger partial charge in [-0.25, -0.2) is 0 Å². The van der Waals surface area contributed by atoms with Crippen LogP contribution in [-0.2, 0) is 21.7 Å². The third-order valence-electron chi connectivity index (χ3n) is 7.23. The molecule has 0 spiro atoms. The highest BCUT2D eigenvalue weighted by Gasteiger charge is 2.53. The summed E-state index contributed by atoms with van der Waals surface area (Å²) in [5.41, 5.74) is -0.0652. The molecule has 2 aliphatic rings. The average Bonchev–Trinajstić information content (AvgIpc) is 3.09. The third kappa shape index (κ3) is 5.28. The van der Waals surface area contributed by atoms with E-state index in [4.69, 9.17) is 5.11 Å². The first kappa shape index (κ1) is 26.5. The van der Waals surface area contributed by atoms with Crippen molar-refractivity contribution >= 4 is 28.9 Å². The monoisotopic (exact) mass is 507 g/mol. The SMILES string of the molecule is C[C@@H](/C=C/CCO)[C@]1(O)C(=O)N(Cc2cccc(N3CCCCCCC3=O)c2)c2ccc([N+](=O)[O-])cc21. The molecular formula is C28H33N3O6. The Hall–Kier alpha value is -3.56. The summed E-state index contributed by atoms with van der Waals surface area (Å²) in [7, 11) is 0. The van der Waals surface area contributed by atoms with Crippen molar-refractivity contribution in [2.45, 2.75) is 57.6 Å². The minimum absolute atomic E-state index is 0.0698. The molecule has 1 fully saturated rings. The number of aliphatic hydroxyl groups is 2. The summed E-state index contributed by atoms with van der Waals surface area (Å²) >= 11 is 0. The van der Waals surface area contributed by atoms with E-state index in [1.807, 2.05) is 24.3 Å². The molecule has 0 saturated carbocycles. The summed E-state index contributed by atoms with van der Waals surface area (Å²) in [5, 5.41) is 32.3. The number of carbonyl (C=O) groups is 2. The smallest absolute Gasteiger partial charge is 0.269 e. The van der Waals surface area contributed by atoms with Gasteiger partial charge >= 0.3 is 0 Å². The fourth-order valence-electron chi connectivity index (χ4n) is 5.16. The lowest BCUT2D eigenvalue weighted by Gasteiger charge is -2.28. The molecule has 0 unspecified atom stereocenters. The lowest BCUT2D eigenvalue weighted by molar-refractivity contribution is -0.385. The summed E-state index contributed by atoms with van der Waals surface area (Å²) in [5.74, 6) is -1.18. The van der Waals surface area contributed by atoms with Gasteiger partial charge in [-0.15, -0.1) is 0 Å². The highest BCUT2D eigenvalue weighted by atomic mass is 16.6. The van der Waals surface area contributed by atoms with Gasteiger partial charge in [-0.3, -0.25) is 19.7 Å². The number of anilines is 2. The molecule has 196 valence electrons. The Labute approximate surface area is 216 Å².